The number of rotatable bonds is 7. The summed E-state index contributed by atoms with van der Waals surface area (Å²) in [6.07, 6.45) is 3.21. The molecule has 0 aromatic carbocycles. The Balaban J connectivity index is 2.72. The molecule has 0 spiro atoms. The van der Waals surface area contributed by atoms with Crippen molar-refractivity contribution in [2.75, 3.05) is 17.6 Å². The molecule has 102 valence electrons. The summed E-state index contributed by atoms with van der Waals surface area (Å²) in [6, 6.07) is 1.70. The van der Waals surface area contributed by atoms with Gasteiger partial charge in [0.15, 0.2) is 0 Å². The highest BCUT2D eigenvalue weighted by Gasteiger charge is 2.21. The van der Waals surface area contributed by atoms with Crippen molar-refractivity contribution in [2.24, 2.45) is 0 Å². The molecule has 1 rings (SSSR count). The third kappa shape index (κ3) is 4.14. The fraction of sp³-hybridized carbons (Fsp3) is 0.692. The second-order valence-corrected chi connectivity index (χ2v) is 4.63. The van der Waals surface area contributed by atoms with Gasteiger partial charge >= 0.3 is 0 Å². The van der Waals surface area contributed by atoms with Gasteiger partial charge in [0.2, 0.25) is 0 Å². The van der Waals surface area contributed by atoms with Crippen LogP contribution in [0, 0.1) is 0 Å². The molecule has 0 bridgehead atoms. The van der Waals surface area contributed by atoms with Gasteiger partial charge in [0.05, 0.1) is 5.60 Å². The van der Waals surface area contributed by atoms with E-state index in [1.165, 1.54) is 0 Å². The third-order valence-corrected chi connectivity index (χ3v) is 3.18. The van der Waals surface area contributed by atoms with Crippen molar-refractivity contribution >= 4 is 11.6 Å². The van der Waals surface area contributed by atoms with E-state index in [-0.39, 0.29) is 0 Å². The Morgan fingerprint density at radius 2 is 1.94 bits per heavy atom. The lowest BCUT2D eigenvalue weighted by Crippen LogP contribution is -2.35. The smallest absolute Gasteiger partial charge is 0.133 e. The highest BCUT2D eigenvalue weighted by atomic mass is 16.3. The number of aryl methyl sites for hydroxylation is 1. The fourth-order valence-corrected chi connectivity index (χ4v) is 1.70. The normalized spacial score (nSPS) is 11.6. The van der Waals surface area contributed by atoms with E-state index in [4.69, 9.17) is 5.73 Å². The Morgan fingerprint density at radius 3 is 2.50 bits per heavy atom. The molecular formula is C13H24N4O. The summed E-state index contributed by atoms with van der Waals surface area (Å²) in [6.45, 7) is 6.50. The number of anilines is 2. The molecule has 0 saturated carbocycles. The zero-order chi connectivity index (χ0) is 13.6. The minimum Gasteiger partial charge on any atom is -0.388 e. The van der Waals surface area contributed by atoms with Crippen LogP contribution in [0.1, 0.15) is 45.9 Å². The lowest BCUT2D eigenvalue weighted by molar-refractivity contribution is 0.0456. The zero-order valence-electron chi connectivity index (χ0n) is 11.5. The van der Waals surface area contributed by atoms with Crippen molar-refractivity contribution in [3.8, 4) is 0 Å². The van der Waals surface area contributed by atoms with Crippen LogP contribution in [0.3, 0.4) is 0 Å². The van der Waals surface area contributed by atoms with E-state index in [0.717, 1.165) is 18.7 Å². The summed E-state index contributed by atoms with van der Waals surface area (Å²) in [5.74, 6) is 1.90. The number of nitrogens with zero attached hydrogens (tertiary/aromatic N) is 2. The van der Waals surface area contributed by atoms with E-state index in [1.807, 2.05) is 13.8 Å². The van der Waals surface area contributed by atoms with Crippen molar-refractivity contribution in [1.29, 1.82) is 0 Å². The van der Waals surface area contributed by atoms with Gasteiger partial charge in [0.1, 0.15) is 17.5 Å². The van der Waals surface area contributed by atoms with Crippen LogP contribution in [-0.4, -0.2) is 27.2 Å². The lowest BCUT2D eigenvalue weighted by Gasteiger charge is -2.25. The number of nitrogen functional groups attached to an aromatic ring is 1. The van der Waals surface area contributed by atoms with Crippen molar-refractivity contribution in [2.45, 2.75) is 52.1 Å². The van der Waals surface area contributed by atoms with E-state index in [0.29, 0.717) is 31.0 Å². The second kappa shape index (κ2) is 6.54. The van der Waals surface area contributed by atoms with Gasteiger partial charge < -0.3 is 16.2 Å². The van der Waals surface area contributed by atoms with Crippen LogP contribution in [-0.2, 0) is 6.42 Å². The average Bonchev–Trinajstić information content (AvgIpc) is 2.36. The summed E-state index contributed by atoms with van der Waals surface area (Å²) in [5.41, 5.74) is 5.05. The molecule has 1 aromatic rings. The van der Waals surface area contributed by atoms with Crippen LogP contribution in [0.4, 0.5) is 11.6 Å². The summed E-state index contributed by atoms with van der Waals surface area (Å²) in [5, 5.41) is 13.3. The zero-order valence-corrected chi connectivity index (χ0v) is 11.5. The van der Waals surface area contributed by atoms with Crippen LogP contribution >= 0.6 is 0 Å². The van der Waals surface area contributed by atoms with E-state index >= 15 is 0 Å². The van der Waals surface area contributed by atoms with Crippen molar-refractivity contribution < 1.29 is 5.11 Å². The number of nitrogens with one attached hydrogen (secondary N) is 1. The van der Waals surface area contributed by atoms with Crippen molar-refractivity contribution in [3.05, 3.63) is 11.9 Å². The molecule has 0 aliphatic carbocycles. The molecule has 1 heterocycles. The van der Waals surface area contributed by atoms with E-state index < -0.39 is 5.60 Å². The monoisotopic (exact) mass is 252 g/mol. The highest BCUT2D eigenvalue weighted by molar-refractivity contribution is 5.44. The Hall–Kier alpha value is -1.36. The molecule has 0 radical (unpaired) electrons. The number of hydrogen-bond acceptors (Lipinski definition) is 5. The molecule has 0 fully saturated rings. The lowest BCUT2D eigenvalue weighted by atomic mass is 9.98. The van der Waals surface area contributed by atoms with Gasteiger partial charge in [0, 0.05) is 19.0 Å². The molecule has 0 aliphatic rings. The minimum atomic E-state index is -0.690. The maximum atomic E-state index is 10.2. The Morgan fingerprint density at radius 1 is 1.28 bits per heavy atom. The largest absolute Gasteiger partial charge is 0.388 e. The SMILES string of the molecule is CCCc1nc(N)cc(NCC(O)(CC)CC)n1. The molecule has 18 heavy (non-hydrogen) atoms. The number of hydrogen-bond donors (Lipinski definition) is 3. The Bertz CT molecular complexity index is 377. The van der Waals surface area contributed by atoms with Crippen LogP contribution in [0.15, 0.2) is 6.07 Å². The summed E-state index contributed by atoms with van der Waals surface area (Å²) in [4.78, 5) is 8.55. The quantitative estimate of drug-likeness (QED) is 0.691. The first-order chi connectivity index (χ1) is 8.53. The molecule has 0 unspecified atom stereocenters. The first-order valence-electron chi connectivity index (χ1n) is 6.62. The van der Waals surface area contributed by atoms with Crippen LogP contribution in [0.25, 0.3) is 0 Å². The van der Waals surface area contributed by atoms with Gasteiger partial charge in [-0.2, -0.15) is 0 Å². The average molecular weight is 252 g/mol. The van der Waals surface area contributed by atoms with Crippen LogP contribution in [0.5, 0.6) is 0 Å². The first kappa shape index (κ1) is 14.7. The maximum absolute atomic E-state index is 10.2. The fourth-order valence-electron chi connectivity index (χ4n) is 1.70. The van der Waals surface area contributed by atoms with Crippen LogP contribution in [0.2, 0.25) is 0 Å². The summed E-state index contributed by atoms with van der Waals surface area (Å²) in [7, 11) is 0. The molecule has 1 aromatic heterocycles. The van der Waals surface area contributed by atoms with Gasteiger partial charge in [-0.25, -0.2) is 9.97 Å². The standard InChI is InChI=1S/C13H24N4O/c1-4-7-11-16-10(14)8-12(17-11)15-9-13(18,5-2)6-3/h8,18H,4-7,9H2,1-3H3,(H3,14,15,16,17). The predicted octanol–water partition coefficient (Wildman–Crippen LogP) is 1.97. The molecular weight excluding hydrogens is 228 g/mol. The van der Waals surface area contributed by atoms with Gasteiger partial charge in [-0.3, -0.25) is 0 Å². The number of aliphatic hydroxyl groups is 1. The minimum absolute atomic E-state index is 0.465. The molecule has 5 nitrogen and oxygen atoms in total. The molecule has 0 amide bonds. The van der Waals surface area contributed by atoms with Crippen molar-refractivity contribution in [1.82, 2.24) is 9.97 Å². The predicted molar refractivity (Wildman–Crippen MR) is 74.5 cm³/mol. The Kier molecular flexibility index (Phi) is 5.34. The van der Waals surface area contributed by atoms with E-state index in [1.54, 1.807) is 6.07 Å². The summed E-state index contributed by atoms with van der Waals surface area (Å²) >= 11 is 0. The third-order valence-electron chi connectivity index (χ3n) is 3.18. The maximum Gasteiger partial charge on any atom is 0.133 e. The number of nitrogens with two attached hydrogens (primary N) is 1. The van der Waals surface area contributed by atoms with Crippen LogP contribution < -0.4 is 11.1 Å². The molecule has 5 heteroatoms. The van der Waals surface area contributed by atoms with Gasteiger partial charge in [-0.05, 0) is 19.3 Å². The summed E-state index contributed by atoms with van der Waals surface area (Å²) < 4.78 is 0. The molecule has 0 atom stereocenters. The highest BCUT2D eigenvalue weighted by Crippen LogP contribution is 2.16. The van der Waals surface area contributed by atoms with Crippen molar-refractivity contribution in [3.63, 3.8) is 0 Å². The van der Waals surface area contributed by atoms with Gasteiger partial charge in [0.25, 0.3) is 0 Å². The molecule has 4 N–H and O–H groups in total. The first-order valence-corrected chi connectivity index (χ1v) is 6.62. The molecule has 0 aliphatic heterocycles. The second-order valence-electron chi connectivity index (χ2n) is 4.63. The van der Waals surface area contributed by atoms with E-state index in [2.05, 4.69) is 22.2 Å². The Labute approximate surface area is 109 Å². The van der Waals surface area contributed by atoms with Gasteiger partial charge in [-0.15, -0.1) is 0 Å². The molecule has 0 saturated heterocycles. The topological polar surface area (TPSA) is 84.1 Å². The van der Waals surface area contributed by atoms with E-state index in [9.17, 15) is 5.11 Å². The van der Waals surface area contributed by atoms with Gasteiger partial charge in [-0.1, -0.05) is 20.8 Å². The number of aromatic nitrogens is 2.